The number of amides is 1. The molecule has 0 radical (unpaired) electrons. The van der Waals surface area contributed by atoms with Gasteiger partial charge in [0.1, 0.15) is 0 Å². The summed E-state index contributed by atoms with van der Waals surface area (Å²) in [5, 5.41) is 9.60. The fraction of sp³-hybridized carbons (Fsp3) is 0.591. The summed E-state index contributed by atoms with van der Waals surface area (Å²) in [6, 6.07) is 5.69. The van der Waals surface area contributed by atoms with Gasteiger partial charge in [0.05, 0.1) is 23.7 Å². The van der Waals surface area contributed by atoms with Crippen molar-refractivity contribution in [1.29, 1.82) is 0 Å². The first-order valence-corrected chi connectivity index (χ1v) is 13.7. The van der Waals surface area contributed by atoms with Crippen LogP contribution in [0.4, 0.5) is 10.3 Å². The third kappa shape index (κ3) is 3.12. The summed E-state index contributed by atoms with van der Waals surface area (Å²) in [4.78, 5) is 18.2. The van der Waals surface area contributed by atoms with E-state index in [4.69, 9.17) is 11.6 Å². The molecule has 34 heavy (non-hydrogen) atoms. The van der Waals surface area contributed by atoms with Crippen LogP contribution in [-0.4, -0.2) is 88.3 Å². The van der Waals surface area contributed by atoms with E-state index < -0.39 is 15.5 Å². The van der Waals surface area contributed by atoms with Gasteiger partial charge in [-0.25, -0.2) is 12.8 Å². The number of halogens is 2. The second-order valence-electron chi connectivity index (χ2n) is 10.6. The van der Waals surface area contributed by atoms with Crippen LogP contribution in [0.5, 0.6) is 0 Å². The average molecular weight is 507 g/mol. The molecule has 12 heteroatoms. The monoisotopic (exact) mass is 506 g/mol. The molecular weight excluding hydrogens is 483 g/mol. The molecule has 0 unspecified atom stereocenters. The fourth-order valence-electron chi connectivity index (χ4n) is 5.84. The number of aromatic nitrogens is 3. The normalized spacial score (nSPS) is 26.1. The Morgan fingerprint density at radius 3 is 2.50 bits per heavy atom. The zero-order valence-corrected chi connectivity index (χ0v) is 20.0. The zero-order chi connectivity index (χ0) is 23.5. The van der Waals surface area contributed by atoms with E-state index in [0.29, 0.717) is 44.0 Å². The van der Waals surface area contributed by atoms with Gasteiger partial charge in [-0.3, -0.25) is 14.3 Å². The molecule has 7 rings (SSSR count). The van der Waals surface area contributed by atoms with Gasteiger partial charge in [0, 0.05) is 49.2 Å². The van der Waals surface area contributed by atoms with E-state index in [-0.39, 0.29) is 28.9 Å². The molecule has 4 fully saturated rings. The third-order valence-electron chi connectivity index (χ3n) is 7.87. The molecule has 5 aliphatic rings. The summed E-state index contributed by atoms with van der Waals surface area (Å²) in [6.45, 7) is 3.74. The third-order valence-corrected chi connectivity index (χ3v) is 9.89. The van der Waals surface area contributed by atoms with Crippen molar-refractivity contribution in [3.8, 4) is 5.69 Å². The molecule has 3 saturated heterocycles. The highest BCUT2D eigenvalue weighted by molar-refractivity contribution is 7.92. The van der Waals surface area contributed by atoms with E-state index in [1.807, 2.05) is 22.8 Å². The lowest BCUT2D eigenvalue weighted by atomic mass is 9.72. The molecule has 1 aromatic heterocycles. The van der Waals surface area contributed by atoms with Crippen LogP contribution in [0.25, 0.3) is 5.69 Å². The summed E-state index contributed by atoms with van der Waals surface area (Å²) < 4.78 is 39.8. The Morgan fingerprint density at radius 1 is 1.09 bits per heavy atom. The van der Waals surface area contributed by atoms with Crippen molar-refractivity contribution in [3.63, 3.8) is 0 Å². The van der Waals surface area contributed by atoms with Crippen LogP contribution < -0.4 is 4.90 Å². The molecule has 1 aliphatic carbocycles. The number of nitrogens with zero attached hydrogens (tertiary/aromatic N) is 6. The highest BCUT2D eigenvalue weighted by Gasteiger charge is 2.60. The van der Waals surface area contributed by atoms with Crippen LogP contribution >= 0.6 is 11.6 Å². The average Bonchev–Trinajstić information content (AvgIpc) is 3.37. The number of benzene rings is 1. The van der Waals surface area contributed by atoms with Crippen LogP contribution in [0, 0.1) is 5.41 Å². The van der Waals surface area contributed by atoms with E-state index in [1.165, 1.54) is 0 Å². The first kappa shape index (κ1) is 21.1. The molecule has 1 amide bonds. The molecule has 1 spiro atoms. The predicted molar refractivity (Wildman–Crippen MR) is 122 cm³/mol. The molecule has 180 valence electrons. The number of hydrogen-bond donors (Lipinski definition) is 0. The van der Waals surface area contributed by atoms with E-state index in [0.717, 1.165) is 36.1 Å². The number of sulfone groups is 1. The quantitative estimate of drug-likeness (QED) is 0.617. The number of carbonyl (C=O) groups is 1. The minimum Gasteiger partial charge on any atom is -0.339 e. The lowest BCUT2D eigenvalue weighted by Gasteiger charge is -2.60. The lowest BCUT2D eigenvalue weighted by molar-refractivity contribution is -0.152. The first-order chi connectivity index (χ1) is 16.1. The highest BCUT2D eigenvalue weighted by Crippen LogP contribution is 2.47. The molecule has 1 saturated carbocycles. The van der Waals surface area contributed by atoms with Crippen molar-refractivity contribution in [2.24, 2.45) is 5.41 Å². The molecule has 0 bridgehead atoms. The van der Waals surface area contributed by atoms with Crippen molar-refractivity contribution in [2.75, 3.05) is 42.6 Å². The SMILES string of the molecule is O=C(N1CC2(C1)CN(c1nnc3n1-c1ccc(Cl)cc1CN(C1CS(=O)(=O)C1)C3)C2)C1(F)CC1. The molecule has 1 aromatic carbocycles. The van der Waals surface area contributed by atoms with Crippen LogP contribution in [0.15, 0.2) is 18.2 Å². The summed E-state index contributed by atoms with van der Waals surface area (Å²) >= 11 is 6.31. The number of carbonyl (C=O) groups excluding carboxylic acids is 1. The Morgan fingerprint density at radius 2 is 1.82 bits per heavy atom. The van der Waals surface area contributed by atoms with E-state index in [1.54, 1.807) is 4.90 Å². The van der Waals surface area contributed by atoms with Crippen LogP contribution in [0.3, 0.4) is 0 Å². The molecule has 2 aromatic rings. The lowest BCUT2D eigenvalue weighted by Crippen LogP contribution is -2.74. The summed E-state index contributed by atoms with van der Waals surface area (Å²) in [6.07, 6.45) is 0.696. The Hall–Kier alpha value is -2.24. The summed E-state index contributed by atoms with van der Waals surface area (Å²) in [7, 11) is -2.95. The van der Waals surface area contributed by atoms with Crippen LogP contribution in [0.2, 0.25) is 5.02 Å². The van der Waals surface area contributed by atoms with Gasteiger partial charge in [0.2, 0.25) is 5.95 Å². The van der Waals surface area contributed by atoms with Crippen LogP contribution in [-0.2, 0) is 27.7 Å². The van der Waals surface area contributed by atoms with Gasteiger partial charge in [0.25, 0.3) is 5.91 Å². The van der Waals surface area contributed by atoms with Crippen molar-refractivity contribution in [3.05, 3.63) is 34.6 Å². The maximum atomic E-state index is 14.1. The van der Waals surface area contributed by atoms with Gasteiger partial charge in [0.15, 0.2) is 21.3 Å². The van der Waals surface area contributed by atoms with Gasteiger partial charge in [-0.05, 0) is 36.6 Å². The Balaban J connectivity index is 1.14. The number of alkyl halides is 1. The number of rotatable bonds is 3. The van der Waals surface area contributed by atoms with Gasteiger partial charge in [-0.15, -0.1) is 10.2 Å². The van der Waals surface area contributed by atoms with Crippen molar-refractivity contribution in [1.82, 2.24) is 24.6 Å². The number of hydrogen-bond acceptors (Lipinski definition) is 7. The van der Waals surface area contributed by atoms with Crippen molar-refractivity contribution < 1.29 is 17.6 Å². The maximum Gasteiger partial charge on any atom is 0.260 e. The topological polar surface area (TPSA) is 91.6 Å². The van der Waals surface area contributed by atoms with Crippen molar-refractivity contribution >= 4 is 33.3 Å². The van der Waals surface area contributed by atoms with E-state index in [9.17, 15) is 17.6 Å². The van der Waals surface area contributed by atoms with Crippen LogP contribution in [0.1, 0.15) is 24.2 Å². The Bertz CT molecular complexity index is 1320. The highest BCUT2D eigenvalue weighted by atomic mass is 35.5. The molecule has 0 N–H and O–H groups in total. The molecule has 4 aliphatic heterocycles. The minimum atomic E-state index is -2.95. The smallest absolute Gasteiger partial charge is 0.260 e. The Kier molecular flexibility index (Phi) is 4.15. The minimum absolute atomic E-state index is 0.00676. The summed E-state index contributed by atoms with van der Waals surface area (Å²) in [5.74, 6) is 1.47. The standard InChI is InChI=1S/C22H24ClFN6O3S/c23-15-1-2-17-14(5-15)6-27(16-8-34(32,33)9-16)7-18-25-26-20(30(17)18)29-12-21(13-29)10-28(11-21)19(31)22(24)3-4-22/h1-2,5,16H,3-4,6-13H2. The van der Waals surface area contributed by atoms with Gasteiger partial charge in [-0.2, -0.15) is 0 Å². The Labute approximate surface area is 201 Å². The molecule has 9 nitrogen and oxygen atoms in total. The number of fused-ring (bicyclic) bond motifs is 3. The molecular formula is C22H24ClFN6O3S. The first-order valence-electron chi connectivity index (χ1n) is 11.5. The summed E-state index contributed by atoms with van der Waals surface area (Å²) in [5.41, 5.74) is 0.340. The number of anilines is 1. The maximum absolute atomic E-state index is 14.1. The fourth-order valence-corrected chi connectivity index (χ4v) is 7.53. The van der Waals surface area contributed by atoms with Gasteiger partial charge in [-0.1, -0.05) is 11.6 Å². The zero-order valence-electron chi connectivity index (χ0n) is 18.5. The second kappa shape index (κ2) is 6.70. The predicted octanol–water partition coefficient (Wildman–Crippen LogP) is 1.18. The van der Waals surface area contributed by atoms with Crippen molar-refractivity contribution in [2.45, 2.75) is 37.6 Å². The van der Waals surface area contributed by atoms with E-state index >= 15 is 0 Å². The second-order valence-corrected chi connectivity index (χ2v) is 13.2. The van der Waals surface area contributed by atoms with E-state index in [2.05, 4.69) is 20.0 Å². The van der Waals surface area contributed by atoms with Gasteiger partial charge >= 0.3 is 0 Å². The molecule has 0 atom stereocenters. The molecule has 5 heterocycles. The largest absolute Gasteiger partial charge is 0.339 e. The number of likely N-dealkylation sites (tertiary alicyclic amines) is 1. The van der Waals surface area contributed by atoms with Gasteiger partial charge < -0.3 is 9.80 Å².